The van der Waals surface area contributed by atoms with Crippen molar-refractivity contribution in [1.82, 2.24) is 4.90 Å². The molecule has 0 N–H and O–H groups in total. The van der Waals surface area contributed by atoms with Crippen molar-refractivity contribution in [3.63, 3.8) is 0 Å². The molecule has 0 bridgehead atoms. The summed E-state index contributed by atoms with van der Waals surface area (Å²) in [5.74, 6) is -94.8. The second-order valence-corrected chi connectivity index (χ2v) is 8.21. The Kier molecular flexibility index (Phi) is 8.22. The van der Waals surface area contributed by atoms with Crippen molar-refractivity contribution in [2.75, 3.05) is 0 Å². The SMILES string of the molecule is FC(F)(F)C(F)(F)C(F)(F)C(F)(F)N(C(F)(F)C(F)(F)C(F)(F)C(F)(F)F)C1(F)C(F)(F)C(F)(F)C(F)(F)C(F)(F)C1(F)F. The average Bonchev–Trinajstić information content (AvgIpc) is 2.75. The van der Waals surface area contributed by atoms with Gasteiger partial charge in [0.25, 0.3) is 0 Å². The molecule has 1 rings (SSSR count). The zero-order chi connectivity index (χ0) is 36.6. The number of rotatable bonds is 7. The van der Waals surface area contributed by atoms with E-state index in [1.54, 1.807) is 0 Å². The summed E-state index contributed by atoms with van der Waals surface area (Å²) in [5, 5.41) is 0. The summed E-state index contributed by atoms with van der Waals surface area (Å²) in [7, 11) is 0. The molecule has 264 valence electrons. The molecular formula is C14F29N. The molecule has 1 fully saturated rings. The van der Waals surface area contributed by atoms with Crippen molar-refractivity contribution in [3.05, 3.63) is 0 Å². The largest absolute Gasteiger partial charge is 0.460 e. The minimum absolute atomic E-state index is 6.41. The normalized spacial score (nSPS) is 24.4. The van der Waals surface area contributed by atoms with Gasteiger partial charge in [-0.1, -0.05) is 0 Å². The van der Waals surface area contributed by atoms with Gasteiger partial charge in [0.05, 0.1) is 0 Å². The lowest BCUT2D eigenvalue weighted by Gasteiger charge is -2.58. The van der Waals surface area contributed by atoms with Gasteiger partial charge in [0, 0.05) is 0 Å². The monoisotopic (exact) mass is 733 g/mol. The third-order valence-electron chi connectivity index (χ3n) is 5.54. The summed E-state index contributed by atoms with van der Waals surface area (Å²) in [6.07, 6.45) is -17.2. The number of hydrogen-bond donors (Lipinski definition) is 0. The van der Waals surface area contributed by atoms with Crippen molar-refractivity contribution in [2.45, 2.75) is 83.5 Å². The standard InChI is InChI=1S/C14F29N/c15-1(16)2(17,18)4(21,22)10(33,5(23,24)3(1,19)20)44(13(40,41)8(29,30)6(25,26)11(34,35)36)14(42,43)9(31,32)7(27,28)12(37,38)39. The van der Waals surface area contributed by atoms with E-state index in [2.05, 4.69) is 0 Å². The van der Waals surface area contributed by atoms with Crippen LogP contribution in [0.1, 0.15) is 0 Å². The maximum absolute atomic E-state index is 15.0. The van der Waals surface area contributed by atoms with Gasteiger partial charge in [0.2, 0.25) is 0 Å². The Hall–Kier alpha value is -2.07. The first-order valence-electron chi connectivity index (χ1n) is 9.15. The van der Waals surface area contributed by atoms with Crippen LogP contribution in [0.3, 0.4) is 0 Å². The third kappa shape index (κ3) is 3.94. The molecule has 0 atom stereocenters. The minimum atomic E-state index is -10.2. The van der Waals surface area contributed by atoms with Gasteiger partial charge >= 0.3 is 83.5 Å². The van der Waals surface area contributed by atoms with Gasteiger partial charge in [-0.15, -0.1) is 4.90 Å². The van der Waals surface area contributed by atoms with Gasteiger partial charge in [0.1, 0.15) is 0 Å². The molecule has 0 saturated heterocycles. The molecule has 0 aromatic heterocycles. The molecule has 0 amide bonds. The molecule has 0 radical (unpaired) electrons. The predicted molar refractivity (Wildman–Crippen MR) is 72.2 cm³/mol. The molecule has 0 heterocycles. The summed E-state index contributed by atoms with van der Waals surface area (Å²) in [4.78, 5) is -6.41. The van der Waals surface area contributed by atoms with Crippen molar-refractivity contribution in [3.8, 4) is 0 Å². The summed E-state index contributed by atoms with van der Waals surface area (Å²) < 4.78 is 390. The van der Waals surface area contributed by atoms with E-state index in [9.17, 15) is 123 Å². The fraction of sp³-hybridized carbons (Fsp3) is 1.00. The molecule has 0 aromatic carbocycles. The average molecular weight is 733 g/mol. The Balaban J connectivity index is 4.76. The summed E-state index contributed by atoms with van der Waals surface area (Å²) in [6, 6.07) is -20.3. The van der Waals surface area contributed by atoms with E-state index in [4.69, 9.17) is 0 Å². The molecule has 1 nitrogen and oxygen atoms in total. The number of nitrogens with zero attached hydrogens (tertiary/aromatic N) is 1. The highest BCUT2D eigenvalue weighted by molar-refractivity contribution is 5.28. The van der Waals surface area contributed by atoms with E-state index in [1.165, 1.54) is 0 Å². The van der Waals surface area contributed by atoms with Crippen molar-refractivity contribution < 1.29 is 127 Å². The van der Waals surface area contributed by atoms with Crippen LogP contribution in [0.25, 0.3) is 0 Å². The van der Waals surface area contributed by atoms with Gasteiger partial charge in [-0.05, 0) is 0 Å². The Bertz CT molecular complexity index is 1020. The maximum Gasteiger partial charge on any atom is 0.460 e. The zero-order valence-electron chi connectivity index (χ0n) is 18.4. The highest BCUT2D eigenvalue weighted by Crippen LogP contribution is 2.74. The van der Waals surface area contributed by atoms with Crippen LogP contribution >= 0.6 is 0 Å². The van der Waals surface area contributed by atoms with E-state index in [1.807, 2.05) is 0 Å². The minimum Gasteiger partial charge on any atom is -0.212 e. The molecule has 30 heteroatoms. The van der Waals surface area contributed by atoms with Crippen LogP contribution < -0.4 is 0 Å². The molecule has 0 spiro atoms. The van der Waals surface area contributed by atoms with E-state index >= 15 is 4.39 Å². The van der Waals surface area contributed by atoms with Gasteiger partial charge in [-0.3, -0.25) is 0 Å². The zero-order valence-corrected chi connectivity index (χ0v) is 18.4. The quantitative estimate of drug-likeness (QED) is 0.187. The van der Waals surface area contributed by atoms with Crippen molar-refractivity contribution >= 4 is 0 Å². The number of halogens is 29. The first-order valence-corrected chi connectivity index (χ1v) is 9.15. The lowest BCUT2D eigenvalue weighted by molar-refractivity contribution is -0.560. The Morgan fingerprint density at radius 1 is 0.273 bits per heavy atom. The Morgan fingerprint density at radius 2 is 0.455 bits per heavy atom. The Labute approximate surface area is 217 Å². The second kappa shape index (κ2) is 9.05. The van der Waals surface area contributed by atoms with Crippen LogP contribution in [-0.4, -0.2) is 88.4 Å². The molecule has 1 aliphatic rings. The van der Waals surface area contributed by atoms with Crippen LogP contribution in [0.2, 0.25) is 0 Å². The van der Waals surface area contributed by atoms with Gasteiger partial charge < -0.3 is 0 Å². The summed E-state index contributed by atoms with van der Waals surface area (Å²) in [6.45, 7) is 0. The van der Waals surface area contributed by atoms with Crippen LogP contribution in [0, 0.1) is 0 Å². The lowest BCUT2D eigenvalue weighted by atomic mass is 9.75. The van der Waals surface area contributed by atoms with E-state index < -0.39 is 88.4 Å². The molecule has 44 heavy (non-hydrogen) atoms. The number of hydrogen-bond acceptors (Lipinski definition) is 1. The third-order valence-corrected chi connectivity index (χ3v) is 5.54. The van der Waals surface area contributed by atoms with E-state index in [-0.39, 0.29) is 0 Å². The summed E-state index contributed by atoms with van der Waals surface area (Å²) >= 11 is 0. The van der Waals surface area contributed by atoms with E-state index in [0.29, 0.717) is 0 Å². The topological polar surface area (TPSA) is 3.24 Å². The van der Waals surface area contributed by atoms with Gasteiger partial charge in [-0.25, -0.2) is 4.39 Å². The molecule has 0 aliphatic heterocycles. The fourth-order valence-electron chi connectivity index (χ4n) is 3.06. The maximum atomic E-state index is 15.0. The van der Waals surface area contributed by atoms with Crippen LogP contribution in [-0.2, 0) is 0 Å². The molecular weight excluding hydrogens is 733 g/mol. The molecule has 0 aromatic rings. The smallest absolute Gasteiger partial charge is 0.212 e. The first-order chi connectivity index (χ1) is 18.4. The number of alkyl halides is 29. The highest BCUT2D eigenvalue weighted by atomic mass is 19.4. The summed E-state index contributed by atoms with van der Waals surface area (Å²) in [5.41, 5.74) is 0. The highest BCUT2D eigenvalue weighted by Gasteiger charge is 3.06. The predicted octanol–water partition coefficient (Wildman–Crippen LogP) is 9.00. The lowest BCUT2D eigenvalue weighted by Crippen LogP contribution is -2.92. The first kappa shape index (κ1) is 40.0. The van der Waals surface area contributed by atoms with Crippen molar-refractivity contribution in [2.24, 2.45) is 0 Å². The van der Waals surface area contributed by atoms with E-state index in [0.717, 1.165) is 0 Å². The fourth-order valence-corrected chi connectivity index (χ4v) is 3.06. The molecule has 1 aliphatic carbocycles. The van der Waals surface area contributed by atoms with Gasteiger partial charge in [-0.2, -0.15) is 123 Å². The molecule has 1 saturated carbocycles. The molecule has 0 unspecified atom stereocenters. The Morgan fingerprint density at radius 3 is 0.636 bits per heavy atom. The second-order valence-electron chi connectivity index (χ2n) is 8.21. The van der Waals surface area contributed by atoms with Crippen LogP contribution in [0.15, 0.2) is 0 Å². The van der Waals surface area contributed by atoms with Crippen LogP contribution in [0.5, 0.6) is 0 Å². The van der Waals surface area contributed by atoms with Gasteiger partial charge in [0.15, 0.2) is 0 Å². The van der Waals surface area contributed by atoms with Crippen LogP contribution in [0.4, 0.5) is 127 Å². The van der Waals surface area contributed by atoms with Crippen molar-refractivity contribution in [1.29, 1.82) is 0 Å².